The fourth-order valence-corrected chi connectivity index (χ4v) is 2.81. The summed E-state index contributed by atoms with van der Waals surface area (Å²) in [6, 6.07) is 8.12. The smallest absolute Gasteiger partial charge is 0.118 e. The first-order valence-electron chi connectivity index (χ1n) is 6.68. The first-order chi connectivity index (χ1) is 8.74. The van der Waals surface area contributed by atoms with Gasteiger partial charge in [-0.2, -0.15) is 0 Å². The highest BCUT2D eigenvalue weighted by atomic mass is 16.5. The summed E-state index contributed by atoms with van der Waals surface area (Å²) in [5.74, 6) is 1.74. The van der Waals surface area contributed by atoms with Crippen LogP contribution in [0.2, 0.25) is 0 Å². The van der Waals surface area contributed by atoms with Crippen molar-refractivity contribution in [1.82, 2.24) is 4.90 Å². The van der Waals surface area contributed by atoms with E-state index in [1.54, 1.807) is 7.11 Å². The number of aliphatic hydroxyl groups is 1. The van der Waals surface area contributed by atoms with Crippen molar-refractivity contribution in [3.8, 4) is 5.75 Å². The highest BCUT2D eigenvalue weighted by Gasteiger charge is 2.25. The lowest BCUT2D eigenvalue weighted by atomic mass is 9.80. The number of ether oxygens (including phenoxy) is 1. The molecular weight excluding hydrogens is 226 g/mol. The minimum absolute atomic E-state index is 0.237. The van der Waals surface area contributed by atoms with Gasteiger partial charge >= 0.3 is 0 Å². The van der Waals surface area contributed by atoms with Crippen LogP contribution >= 0.6 is 0 Å². The highest BCUT2D eigenvalue weighted by Crippen LogP contribution is 2.32. The van der Waals surface area contributed by atoms with Gasteiger partial charge in [0, 0.05) is 5.92 Å². The summed E-state index contributed by atoms with van der Waals surface area (Å²) in [5, 5.41) is 9.68. The number of hydrogen-bond donors (Lipinski definition) is 1. The molecule has 0 aliphatic carbocycles. The topological polar surface area (TPSA) is 32.7 Å². The normalized spacial score (nSPS) is 19.7. The van der Waals surface area contributed by atoms with E-state index < -0.39 is 0 Å². The zero-order chi connectivity index (χ0) is 13.0. The molecule has 1 unspecified atom stereocenters. The molecule has 3 heteroatoms. The molecule has 3 nitrogen and oxygen atoms in total. The van der Waals surface area contributed by atoms with Crippen molar-refractivity contribution in [2.45, 2.75) is 18.8 Å². The third kappa shape index (κ3) is 3.03. The SMILES string of the molecule is COc1ccc(C(CO)C2CCN(C)CC2)cc1. The van der Waals surface area contributed by atoms with Gasteiger partial charge in [0.25, 0.3) is 0 Å². The van der Waals surface area contributed by atoms with Crippen LogP contribution in [0.3, 0.4) is 0 Å². The molecular formula is C15H23NO2. The van der Waals surface area contributed by atoms with Crippen LogP contribution in [0, 0.1) is 5.92 Å². The molecule has 1 atom stereocenters. The van der Waals surface area contributed by atoms with Crippen LogP contribution < -0.4 is 4.74 Å². The quantitative estimate of drug-likeness (QED) is 0.887. The van der Waals surface area contributed by atoms with Crippen LogP contribution in [0.4, 0.5) is 0 Å². The molecule has 1 N–H and O–H groups in total. The van der Waals surface area contributed by atoms with E-state index in [0.29, 0.717) is 5.92 Å². The van der Waals surface area contributed by atoms with Crippen molar-refractivity contribution >= 4 is 0 Å². The van der Waals surface area contributed by atoms with E-state index >= 15 is 0 Å². The molecule has 1 fully saturated rings. The lowest BCUT2D eigenvalue weighted by Gasteiger charge is -2.33. The van der Waals surface area contributed by atoms with Gasteiger partial charge in [-0.15, -0.1) is 0 Å². The summed E-state index contributed by atoms with van der Waals surface area (Å²) in [7, 11) is 3.84. The Kier molecular flexibility index (Phi) is 4.61. The molecule has 1 aliphatic heterocycles. The van der Waals surface area contributed by atoms with Gasteiger partial charge in [-0.25, -0.2) is 0 Å². The Morgan fingerprint density at radius 2 is 1.89 bits per heavy atom. The number of benzene rings is 1. The summed E-state index contributed by atoms with van der Waals surface area (Å²) >= 11 is 0. The van der Waals surface area contributed by atoms with Crippen LogP contribution in [-0.2, 0) is 0 Å². The average Bonchev–Trinajstić information content (AvgIpc) is 2.42. The minimum atomic E-state index is 0.237. The number of hydrogen-bond acceptors (Lipinski definition) is 3. The number of methoxy groups -OCH3 is 1. The summed E-state index contributed by atoms with van der Waals surface area (Å²) in [6.07, 6.45) is 2.35. The molecule has 18 heavy (non-hydrogen) atoms. The number of likely N-dealkylation sites (tertiary alicyclic amines) is 1. The number of aliphatic hydroxyl groups excluding tert-OH is 1. The summed E-state index contributed by atoms with van der Waals surface area (Å²) in [6.45, 7) is 2.51. The predicted molar refractivity (Wildman–Crippen MR) is 73.0 cm³/mol. The molecule has 1 aromatic carbocycles. The molecule has 1 saturated heterocycles. The standard InChI is InChI=1S/C15H23NO2/c1-16-9-7-13(8-10-16)15(11-17)12-3-5-14(18-2)6-4-12/h3-6,13,15,17H,7-11H2,1-2H3. The molecule has 100 valence electrons. The zero-order valence-corrected chi connectivity index (χ0v) is 11.3. The Labute approximate surface area is 109 Å². The van der Waals surface area contributed by atoms with Crippen molar-refractivity contribution in [2.75, 3.05) is 33.9 Å². The highest BCUT2D eigenvalue weighted by molar-refractivity contribution is 5.30. The van der Waals surface area contributed by atoms with Crippen molar-refractivity contribution < 1.29 is 9.84 Å². The van der Waals surface area contributed by atoms with Crippen LogP contribution in [-0.4, -0.2) is 43.9 Å². The third-order valence-electron chi connectivity index (χ3n) is 4.07. The molecule has 1 heterocycles. The van der Waals surface area contributed by atoms with Gasteiger partial charge in [0.05, 0.1) is 13.7 Å². The Bertz CT molecular complexity index is 355. The van der Waals surface area contributed by atoms with Gasteiger partial charge in [-0.05, 0) is 56.6 Å². The minimum Gasteiger partial charge on any atom is -0.497 e. The monoisotopic (exact) mass is 249 g/mol. The zero-order valence-electron chi connectivity index (χ0n) is 11.3. The van der Waals surface area contributed by atoms with Crippen LogP contribution in [0.1, 0.15) is 24.3 Å². The first-order valence-corrected chi connectivity index (χ1v) is 6.68. The van der Waals surface area contributed by atoms with Crippen LogP contribution in [0.15, 0.2) is 24.3 Å². The largest absolute Gasteiger partial charge is 0.497 e. The number of nitrogens with zero attached hydrogens (tertiary/aromatic N) is 1. The second-order valence-corrected chi connectivity index (χ2v) is 5.20. The van der Waals surface area contributed by atoms with E-state index in [-0.39, 0.29) is 12.5 Å². The van der Waals surface area contributed by atoms with E-state index in [0.717, 1.165) is 18.8 Å². The fourth-order valence-electron chi connectivity index (χ4n) is 2.81. The molecule has 1 aromatic rings. The van der Waals surface area contributed by atoms with E-state index in [4.69, 9.17) is 4.74 Å². The maximum Gasteiger partial charge on any atom is 0.118 e. The Hall–Kier alpha value is -1.06. The van der Waals surface area contributed by atoms with Gasteiger partial charge < -0.3 is 14.7 Å². The third-order valence-corrected chi connectivity index (χ3v) is 4.07. The average molecular weight is 249 g/mol. The molecule has 1 aliphatic rings. The second kappa shape index (κ2) is 6.21. The summed E-state index contributed by atoms with van der Waals surface area (Å²) < 4.78 is 5.17. The molecule has 0 saturated carbocycles. The van der Waals surface area contributed by atoms with Gasteiger partial charge in [0.15, 0.2) is 0 Å². The van der Waals surface area contributed by atoms with E-state index in [2.05, 4.69) is 24.1 Å². The maximum absolute atomic E-state index is 9.68. The summed E-state index contributed by atoms with van der Waals surface area (Å²) in [5.41, 5.74) is 1.23. The maximum atomic E-state index is 9.68. The van der Waals surface area contributed by atoms with Gasteiger partial charge in [0.2, 0.25) is 0 Å². The Balaban J connectivity index is 2.07. The van der Waals surface area contributed by atoms with E-state index in [9.17, 15) is 5.11 Å². The molecule has 0 bridgehead atoms. The molecule has 0 aromatic heterocycles. The van der Waals surface area contributed by atoms with Crippen molar-refractivity contribution in [3.63, 3.8) is 0 Å². The first kappa shape index (κ1) is 13.4. The van der Waals surface area contributed by atoms with Crippen LogP contribution in [0.25, 0.3) is 0 Å². The fraction of sp³-hybridized carbons (Fsp3) is 0.600. The molecule has 2 rings (SSSR count). The van der Waals surface area contributed by atoms with Crippen molar-refractivity contribution in [3.05, 3.63) is 29.8 Å². The number of rotatable bonds is 4. The number of piperidine rings is 1. The van der Waals surface area contributed by atoms with Gasteiger partial charge in [0.1, 0.15) is 5.75 Å². The van der Waals surface area contributed by atoms with Gasteiger partial charge in [-0.3, -0.25) is 0 Å². The molecule has 0 spiro atoms. The van der Waals surface area contributed by atoms with E-state index in [1.807, 2.05) is 12.1 Å². The lowest BCUT2D eigenvalue weighted by Crippen LogP contribution is -2.33. The van der Waals surface area contributed by atoms with Crippen molar-refractivity contribution in [1.29, 1.82) is 0 Å². The van der Waals surface area contributed by atoms with Gasteiger partial charge in [-0.1, -0.05) is 12.1 Å². The van der Waals surface area contributed by atoms with E-state index in [1.165, 1.54) is 18.4 Å². The molecule has 0 amide bonds. The Morgan fingerprint density at radius 3 is 2.39 bits per heavy atom. The Morgan fingerprint density at radius 1 is 1.28 bits per heavy atom. The molecule has 0 radical (unpaired) electrons. The summed E-state index contributed by atoms with van der Waals surface area (Å²) in [4.78, 5) is 2.36. The predicted octanol–water partition coefficient (Wildman–Crippen LogP) is 2.11. The van der Waals surface area contributed by atoms with Crippen molar-refractivity contribution in [2.24, 2.45) is 5.92 Å². The second-order valence-electron chi connectivity index (χ2n) is 5.20. The lowest BCUT2D eigenvalue weighted by molar-refractivity contribution is 0.156. The van der Waals surface area contributed by atoms with Crippen LogP contribution in [0.5, 0.6) is 5.75 Å².